The summed E-state index contributed by atoms with van der Waals surface area (Å²) in [6, 6.07) is 7.95. The molecule has 0 atom stereocenters. The van der Waals surface area contributed by atoms with Crippen LogP contribution in [-0.2, 0) is 19.3 Å². The first-order valence-corrected chi connectivity index (χ1v) is 5.42. The highest BCUT2D eigenvalue weighted by Gasteiger charge is 2.12. The Bertz CT molecular complexity index is 441. The highest BCUT2D eigenvalue weighted by Crippen LogP contribution is 2.02. The van der Waals surface area contributed by atoms with Gasteiger partial charge in [-0.15, -0.1) is 0 Å². The second kappa shape index (κ2) is 7.70. The molecule has 0 aromatic heterocycles. The van der Waals surface area contributed by atoms with Gasteiger partial charge in [0.2, 0.25) is 0 Å². The molecule has 7 heteroatoms. The van der Waals surface area contributed by atoms with E-state index in [4.69, 9.17) is 5.11 Å². The summed E-state index contributed by atoms with van der Waals surface area (Å²) < 4.78 is 4.48. The van der Waals surface area contributed by atoms with E-state index in [9.17, 15) is 14.4 Å². The summed E-state index contributed by atoms with van der Waals surface area (Å²) in [5.74, 6) is -1.82. The van der Waals surface area contributed by atoms with Crippen LogP contribution in [0.2, 0.25) is 0 Å². The molecule has 102 valence electrons. The van der Waals surface area contributed by atoms with Gasteiger partial charge in [0.1, 0.15) is 0 Å². The Labute approximate surface area is 108 Å². The third-order valence-electron chi connectivity index (χ3n) is 1.95. The van der Waals surface area contributed by atoms with Crippen LogP contribution in [-0.4, -0.2) is 29.8 Å². The van der Waals surface area contributed by atoms with Gasteiger partial charge in [-0.3, -0.25) is 4.79 Å². The second-order valence-electron chi connectivity index (χ2n) is 3.42. The number of carboxylic acid groups (broad SMARTS) is 1. The zero-order chi connectivity index (χ0) is 14.1. The Morgan fingerprint density at radius 2 is 1.74 bits per heavy atom. The molecule has 0 saturated carbocycles. The Balaban J connectivity index is 2.20. The SMILES string of the molecule is O=C(O)CCCOC(=O)OOC(=O)c1ccccc1. The van der Waals surface area contributed by atoms with Crippen LogP contribution in [0.1, 0.15) is 23.2 Å². The van der Waals surface area contributed by atoms with E-state index in [0.29, 0.717) is 0 Å². The van der Waals surface area contributed by atoms with E-state index in [1.165, 1.54) is 12.1 Å². The molecule has 0 unspecified atom stereocenters. The number of hydrogen-bond acceptors (Lipinski definition) is 6. The van der Waals surface area contributed by atoms with Crippen LogP contribution >= 0.6 is 0 Å². The van der Waals surface area contributed by atoms with Gasteiger partial charge in [-0.1, -0.05) is 18.2 Å². The van der Waals surface area contributed by atoms with E-state index in [1.807, 2.05) is 0 Å². The lowest BCUT2D eigenvalue weighted by Crippen LogP contribution is -2.13. The largest absolute Gasteiger partial charge is 0.549 e. The van der Waals surface area contributed by atoms with Crippen molar-refractivity contribution in [1.29, 1.82) is 0 Å². The minimum Gasteiger partial charge on any atom is -0.481 e. The fourth-order valence-corrected chi connectivity index (χ4v) is 1.10. The van der Waals surface area contributed by atoms with Gasteiger partial charge < -0.3 is 9.84 Å². The smallest absolute Gasteiger partial charge is 0.481 e. The first kappa shape index (κ1) is 14.5. The Kier molecular flexibility index (Phi) is 5.87. The Morgan fingerprint density at radius 3 is 2.37 bits per heavy atom. The quantitative estimate of drug-likeness (QED) is 0.376. The van der Waals surface area contributed by atoms with Crippen LogP contribution in [0.15, 0.2) is 30.3 Å². The number of rotatable bonds is 5. The highest BCUT2D eigenvalue weighted by atomic mass is 17.2. The minimum absolute atomic E-state index is 0.128. The van der Waals surface area contributed by atoms with E-state index in [-0.39, 0.29) is 25.0 Å². The molecule has 0 saturated heterocycles. The van der Waals surface area contributed by atoms with Crippen LogP contribution in [0.25, 0.3) is 0 Å². The van der Waals surface area contributed by atoms with Gasteiger partial charge in [0.15, 0.2) is 0 Å². The van der Waals surface area contributed by atoms with E-state index >= 15 is 0 Å². The zero-order valence-corrected chi connectivity index (χ0v) is 9.90. The normalized spacial score (nSPS) is 9.47. The number of carbonyl (C=O) groups excluding carboxylic acids is 2. The van der Waals surface area contributed by atoms with E-state index in [0.717, 1.165) is 0 Å². The molecular formula is C12H12O7. The molecule has 1 aromatic rings. The van der Waals surface area contributed by atoms with Crippen molar-refractivity contribution < 1.29 is 34.0 Å². The lowest BCUT2D eigenvalue weighted by Gasteiger charge is -2.03. The summed E-state index contributed by atoms with van der Waals surface area (Å²) >= 11 is 0. The lowest BCUT2D eigenvalue weighted by molar-refractivity contribution is -0.203. The van der Waals surface area contributed by atoms with E-state index < -0.39 is 18.1 Å². The predicted molar refractivity (Wildman–Crippen MR) is 61.2 cm³/mol. The molecule has 1 N–H and O–H groups in total. The monoisotopic (exact) mass is 268 g/mol. The van der Waals surface area contributed by atoms with Gasteiger partial charge >= 0.3 is 18.1 Å². The van der Waals surface area contributed by atoms with Crippen LogP contribution in [0.5, 0.6) is 0 Å². The summed E-state index contributed by atoms with van der Waals surface area (Å²) in [7, 11) is 0. The maximum absolute atomic E-state index is 11.3. The maximum Gasteiger partial charge on any atom is 0.549 e. The minimum atomic E-state index is -1.20. The Hall–Kier alpha value is -2.57. The van der Waals surface area contributed by atoms with Crippen molar-refractivity contribution in [3.63, 3.8) is 0 Å². The van der Waals surface area contributed by atoms with Crippen LogP contribution < -0.4 is 0 Å². The number of carboxylic acids is 1. The van der Waals surface area contributed by atoms with Gasteiger partial charge in [0.05, 0.1) is 12.2 Å². The number of hydrogen-bond donors (Lipinski definition) is 1. The molecule has 7 nitrogen and oxygen atoms in total. The van der Waals surface area contributed by atoms with Gasteiger partial charge in [0, 0.05) is 6.42 Å². The van der Waals surface area contributed by atoms with Gasteiger partial charge in [-0.2, -0.15) is 4.79 Å². The van der Waals surface area contributed by atoms with Gasteiger partial charge in [0.25, 0.3) is 0 Å². The van der Waals surface area contributed by atoms with Crippen molar-refractivity contribution in [1.82, 2.24) is 0 Å². The van der Waals surface area contributed by atoms with Crippen molar-refractivity contribution in [2.24, 2.45) is 0 Å². The summed E-state index contributed by atoms with van der Waals surface area (Å²) in [4.78, 5) is 40.8. The highest BCUT2D eigenvalue weighted by molar-refractivity contribution is 5.89. The number of benzene rings is 1. The van der Waals surface area contributed by atoms with Crippen molar-refractivity contribution in [2.75, 3.05) is 6.61 Å². The fourth-order valence-electron chi connectivity index (χ4n) is 1.10. The average molecular weight is 268 g/mol. The average Bonchev–Trinajstić information content (AvgIpc) is 2.41. The molecule has 0 heterocycles. The third kappa shape index (κ3) is 6.06. The van der Waals surface area contributed by atoms with Crippen molar-refractivity contribution in [3.8, 4) is 0 Å². The molecule has 19 heavy (non-hydrogen) atoms. The third-order valence-corrected chi connectivity index (χ3v) is 1.95. The van der Waals surface area contributed by atoms with Crippen molar-refractivity contribution in [3.05, 3.63) is 35.9 Å². The van der Waals surface area contributed by atoms with E-state index in [1.54, 1.807) is 18.2 Å². The summed E-state index contributed by atoms with van der Waals surface area (Å²) in [5.41, 5.74) is 0.223. The van der Waals surface area contributed by atoms with Crippen LogP contribution in [0.3, 0.4) is 0 Å². The Morgan fingerprint density at radius 1 is 1.05 bits per heavy atom. The van der Waals surface area contributed by atoms with Crippen LogP contribution in [0.4, 0.5) is 4.79 Å². The zero-order valence-electron chi connectivity index (χ0n) is 9.90. The topological polar surface area (TPSA) is 99.1 Å². The lowest BCUT2D eigenvalue weighted by atomic mass is 10.2. The molecule has 0 aliphatic heterocycles. The van der Waals surface area contributed by atoms with Crippen molar-refractivity contribution >= 4 is 18.1 Å². The maximum atomic E-state index is 11.3. The molecule has 1 aromatic carbocycles. The van der Waals surface area contributed by atoms with Gasteiger partial charge in [-0.25, -0.2) is 14.6 Å². The van der Waals surface area contributed by atoms with Crippen LogP contribution in [0, 0.1) is 0 Å². The second-order valence-corrected chi connectivity index (χ2v) is 3.42. The molecule has 0 bridgehead atoms. The molecule has 0 fully saturated rings. The molecule has 0 aliphatic carbocycles. The predicted octanol–water partition coefficient (Wildman–Crippen LogP) is 1.78. The van der Waals surface area contributed by atoms with E-state index in [2.05, 4.69) is 14.5 Å². The summed E-state index contributed by atoms with van der Waals surface area (Å²) in [6.45, 7) is -0.131. The molecule has 1 rings (SSSR count). The summed E-state index contributed by atoms with van der Waals surface area (Å²) in [5, 5.41) is 8.34. The van der Waals surface area contributed by atoms with Crippen molar-refractivity contribution in [2.45, 2.75) is 12.8 Å². The van der Waals surface area contributed by atoms with Gasteiger partial charge in [-0.05, 0) is 18.6 Å². The fraction of sp³-hybridized carbons (Fsp3) is 0.250. The standard InChI is InChI=1S/C12H12O7/c13-10(14)7-4-8-17-12(16)19-18-11(15)9-5-2-1-3-6-9/h1-3,5-6H,4,7-8H2,(H,13,14). The number of aliphatic carboxylic acids is 1. The molecule has 0 radical (unpaired) electrons. The molecule has 0 spiro atoms. The molecule has 0 amide bonds. The first-order chi connectivity index (χ1) is 9.09. The first-order valence-electron chi connectivity index (χ1n) is 5.42. The molecular weight excluding hydrogens is 256 g/mol. The number of ether oxygens (including phenoxy) is 1. The molecule has 0 aliphatic rings. The number of carbonyl (C=O) groups is 3. The summed E-state index contributed by atoms with van der Waals surface area (Å²) in [6.07, 6.45) is -1.18.